The topological polar surface area (TPSA) is 12.0 Å². The van der Waals surface area contributed by atoms with Crippen molar-refractivity contribution in [2.75, 3.05) is 13.1 Å². The molecule has 1 N–H and O–H groups in total. The lowest BCUT2D eigenvalue weighted by Gasteiger charge is -2.32. The predicted molar refractivity (Wildman–Crippen MR) is 61.7 cm³/mol. The lowest BCUT2D eigenvalue weighted by Crippen LogP contribution is -2.44. The van der Waals surface area contributed by atoms with Crippen LogP contribution in [0.4, 0.5) is 13.2 Å². The minimum Gasteiger partial charge on any atom is -0.315 e. The Labute approximate surface area is 107 Å². The van der Waals surface area contributed by atoms with E-state index in [9.17, 15) is 13.2 Å². The van der Waals surface area contributed by atoms with E-state index in [4.69, 9.17) is 23.2 Å². The maximum Gasteiger partial charge on any atom is 0.399 e. The Hall–Kier alpha value is -0.450. The van der Waals surface area contributed by atoms with Gasteiger partial charge in [-0.05, 0) is 24.6 Å². The molecule has 1 saturated heterocycles. The van der Waals surface area contributed by atoms with Crippen LogP contribution in [-0.4, -0.2) is 19.3 Å². The second-order valence-electron chi connectivity index (χ2n) is 4.11. The van der Waals surface area contributed by atoms with Gasteiger partial charge >= 0.3 is 6.18 Å². The van der Waals surface area contributed by atoms with Crippen LogP contribution in [0.25, 0.3) is 0 Å². The largest absolute Gasteiger partial charge is 0.399 e. The molecule has 6 heteroatoms. The third-order valence-electron chi connectivity index (χ3n) is 3.17. The Kier molecular flexibility index (Phi) is 3.31. The summed E-state index contributed by atoms with van der Waals surface area (Å²) in [6.07, 6.45) is -4.36. The molecular weight excluding hydrogens is 274 g/mol. The molecular formula is C11H10Cl2F3N. The van der Waals surface area contributed by atoms with Gasteiger partial charge in [0.15, 0.2) is 0 Å². The minimum atomic E-state index is -4.34. The van der Waals surface area contributed by atoms with Crippen LogP contribution in [0.3, 0.4) is 0 Å². The lowest BCUT2D eigenvalue weighted by molar-refractivity contribution is -0.184. The molecule has 17 heavy (non-hydrogen) atoms. The van der Waals surface area contributed by atoms with Crippen molar-refractivity contribution in [3.8, 4) is 0 Å². The number of benzene rings is 1. The monoisotopic (exact) mass is 283 g/mol. The van der Waals surface area contributed by atoms with Crippen molar-refractivity contribution < 1.29 is 13.2 Å². The first-order valence-electron chi connectivity index (χ1n) is 5.10. The Balaban J connectivity index is 2.58. The SMILES string of the molecule is FC(F)(F)[C@]1(c2cccc(Cl)c2Cl)CCNC1. The number of hydrogen-bond acceptors (Lipinski definition) is 1. The van der Waals surface area contributed by atoms with Gasteiger partial charge in [-0.2, -0.15) is 13.2 Å². The van der Waals surface area contributed by atoms with E-state index in [2.05, 4.69) is 5.32 Å². The van der Waals surface area contributed by atoms with Gasteiger partial charge in [0, 0.05) is 6.54 Å². The van der Waals surface area contributed by atoms with Crippen LogP contribution in [0.5, 0.6) is 0 Å². The predicted octanol–water partition coefficient (Wildman–Crippen LogP) is 3.79. The molecule has 1 aliphatic heterocycles. The van der Waals surface area contributed by atoms with Crippen molar-refractivity contribution in [2.24, 2.45) is 0 Å². The summed E-state index contributed by atoms with van der Waals surface area (Å²) in [5.41, 5.74) is -1.86. The summed E-state index contributed by atoms with van der Waals surface area (Å²) in [5, 5.41) is 2.89. The summed E-state index contributed by atoms with van der Waals surface area (Å²) in [5.74, 6) is 0. The first kappa shape index (κ1) is 13.0. The van der Waals surface area contributed by atoms with E-state index in [0.29, 0.717) is 6.54 Å². The number of halogens is 5. The van der Waals surface area contributed by atoms with Gasteiger partial charge in [-0.25, -0.2) is 0 Å². The molecule has 1 fully saturated rings. The maximum absolute atomic E-state index is 13.3. The van der Waals surface area contributed by atoms with Crippen molar-refractivity contribution in [1.82, 2.24) is 5.32 Å². The van der Waals surface area contributed by atoms with Crippen LogP contribution in [0, 0.1) is 0 Å². The van der Waals surface area contributed by atoms with Gasteiger partial charge in [-0.3, -0.25) is 0 Å². The fourth-order valence-electron chi connectivity index (χ4n) is 2.19. The number of nitrogens with one attached hydrogen (secondary N) is 1. The molecule has 0 aromatic heterocycles. The standard InChI is InChI=1S/C11H10Cl2F3N/c12-8-3-1-2-7(9(8)13)10(11(14,15)16)4-5-17-6-10/h1-3,17H,4-6H2/t10-/m1/s1. The van der Waals surface area contributed by atoms with E-state index in [1.807, 2.05) is 0 Å². The normalized spacial score (nSPS) is 25.2. The second-order valence-corrected chi connectivity index (χ2v) is 4.89. The highest BCUT2D eigenvalue weighted by Gasteiger charge is 2.58. The molecule has 1 heterocycles. The van der Waals surface area contributed by atoms with Crippen LogP contribution < -0.4 is 5.32 Å². The van der Waals surface area contributed by atoms with Crippen LogP contribution >= 0.6 is 23.2 Å². The van der Waals surface area contributed by atoms with Gasteiger partial charge in [0.25, 0.3) is 0 Å². The third kappa shape index (κ3) is 2.02. The van der Waals surface area contributed by atoms with E-state index in [1.54, 1.807) is 0 Å². The zero-order valence-corrected chi connectivity index (χ0v) is 10.3. The van der Waals surface area contributed by atoms with E-state index in [0.717, 1.165) is 0 Å². The number of rotatable bonds is 1. The molecule has 0 bridgehead atoms. The molecule has 94 valence electrons. The van der Waals surface area contributed by atoms with Gasteiger partial charge < -0.3 is 5.32 Å². The highest BCUT2D eigenvalue weighted by Crippen LogP contribution is 2.48. The van der Waals surface area contributed by atoms with Crippen molar-refractivity contribution in [3.63, 3.8) is 0 Å². The average Bonchev–Trinajstić information content (AvgIpc) is 2.71. The molecule has 0 amide bonds. The summed E-state index contributed by atoms with van der Waals surface area (Å²) in [4.78, 5) is 0. The second kappa shape index (κ2) is 4.34. The zero-order chi connectivity index (χ0) is 12.7. The van der Waals surface area contributed by atoms with Crippen LogP contribution in [-0.2, 0) is 5.41 Å². The zero-order valence-electron chi connectivity index (χ0n) is 8.74. The molecule has 1 atom stereocenters. The molecule has 1 aromatic rings. The van der Waals surface area contributed by atoms with E-state index in [-0.39, 0.29) is 28.6 Å². The van der Waals surface area contributed by atoms with Crippen molar-refractivity contribution in [3.05, 3.63) is 33.8 Å². The molecule has 0 unspecified atom stereocenters. The third-order valence-corrected chi connectivity index (χ3v) is 3.98. The van der Waals surface area contributed by atoms with Crippen molar-refractivity contribution >= 4 is 23.2 Å². The van der Waals surface area contributed by atoms with Crippen LogP contribution in [0.2, 0.25) is 10.0 Å². The highest BCUT2D eigenvalue weighted by atomic mass is 35.5. The summed E-state index contributed by atoms with van der Waals surface area (Å²) in [6.45, 7) is 0.166. The molecule has 0 radical (unpaired) electrons. The summed E-state index contributed by atoms with van der Waals surface area (Å²) < 4.78 is 39.8. The molecule has 1 aliphatic rings. The van der Waals surface area contributed by atoms with Gasteiger partial charge in [0.2, 0.25) is 0 Å². The molecule has 0 saturated carbocycles. The van der Waals surface area contributed by atoms with E-state index < -0.39 is 11.6 Å². The molecule has 2 rings (SSSR count). The number of hydrogen-bond donors (Lipinski definition) is 1. The van der Waals surface area contributed by atoms with E-state index in [1.165, 1.54) is 18.2 Å². The van der Waals surface area contributed by atoms with Crippen LogP contribution in [0.15, 0.2) is 18.2 Å². The first-order chi connectivity index (χ1) is 7.88. The van der Waals surface area contributed by atoms with Gasteiger partial charge in [0.05, 0.1) is 10.0 Å². The van der Waals surface area contributed by atoms with Crippen molar-refractivity contribution in [2.45, 2.75) is 18.0 Å². The smallest absolute Gasteiger partial charge is 0.315 e. The Morgan fingerprint density at radius 3 is 2.47 bits per heavy atom. The van der Waals surface area contributed by atoms with Crippen molar-refractivity contribution in [1.29, 1.82) is 0 Å². The van der Waals surface area contributed by atoms with Gasteiger partial charge in [0.1, 0.15) is 5.41 Å². The van der Waals surface area contributed by atoms with Crippen LogP contribution in [0.1, 0.15) is 12.0 Å². The average molecular weight is 284 g/mol. The van der Waals surface area contributed by atoms with Gasteiger partial charge in [-0.1, -0.05) is 35.3 Å². The van der Waals surface area contributed by atoms with Gasteiger partial charge in [-0.15, -0.1) is 0 Å². The Bertz CT molecular complexity index is 425. The summed E-state index contributed by atoms with van der Waals surface area (Å²) in [7, 11) is 0. The number of alkyl halides is 3. The fourth-order valence-corrected chi connectivity index (χ4v) is 2.67. The maximum atomic E-state index is 13.3. The van der Waals surface area contributed by atoms with E-state index >= 15 is 0 Å². The Morgan fingerprint density at radius 1 is 1.24 bits per heavy atom. The molecule has 0 aliphatic carbocycles. The lowest BCUT2D eigenvalue weighted by atomic mass is 9.79. The minimum absolute atomic E-state index is 0.00445. The molecule has 1 aromatic carbocycles. The summed E-state index contributed by atoms with van der Waals surface area (Å²) in [6, 6.07) is 4.38. The summed E-state index contributed by atoms with van der Waals surface area (Å²) >= 11 is 11.7. The molecule has 1 nitrogen and oxygen atoms in total. The molecule has 0 spiro atoms. The highest BCUT2D eigenvalue weighted by molar-refractivity contribution is 6.42. The quantitative estimate of drug-likeness (QED) is 0.827. The Morgan fingerprint density at radius 2 is 1.94 bits per heavy atom. The fraction of sp³-hybridized carbons (Fsp3) is 0.455. The first-order valence-corrected chi connectivity index (χ1v) is 5.86.